The molecule has 0 atom stereocenters. The average molecular weight is 271 g/mol. The van der Waals surface area contributed by atoms with Crippen LogP contribution in [0, 0.1) is 0 Å². The number of rotatable bonds is 5. The highest BCUT2D eigenvalue weighted by atomic mass is 16.5. The van der Waals surface area contributed by atoms with Gasteiger partial charge in [0.15, 0.2) is 0 Å². The molecule has 0 fully saturated rings. The standard InChI is InChI=1S/C16H17NO3/c1-19-14-7-8-16(20-2)13(9-14)11-17-10-12-5-3-4-6-15(12)18/h3-10,18H,11H2,1-2H3. The molecule has 0 aliphatic rings. The monoisotopic (exact) mass is 271 g/mol. The molecule has 0 saturated carbocycles. The van der Waals surface area contributed by atoms with Crippen molar-refractivity contribution in [2.24, 2.45) is 4.99 Å². The van der Waals surface area contributed by atoms with E-state index in [0.29, 0.717) is 12.1 Å². The SMILES string of the molecule is COc1ccc(OC)c(CN=Cc2ccccc2O)c1. The maximum absolute atomic E-state index is 9.65. The molecular weight excluding hydrogens is 254 g/mol. The molecule has 1 N–H and O–H groups in total. The van der Waals surface area contributed by atoms with E-state index in [1.807, 2.05) is 30.3 Å². The number of methoxy groups -OCH3 is 2. The van der Waals surface area contributed by atoms with Crippen LogP contribution in [0.1, 0.15) is 11.1 Å². The summed E-state index contributed by atoms with van der Waals surface area (Å²) in [4.78, 5) is 4.34. The first-order valence-electron chi connectivity index (χ1n) is 6.23. The van der Waals surface area contributed by atoms with Gasteiger partial charge in [-0.3, -0.25) is 4.99 Å². The lowest BCUT2D eigenvalue weighted by Gasteiger charge is -2.08. The number of para-hydroxylation sites is 1. The topological polar surface area (TPSA) is 51.0 Å². The van der Waals surface area contributed by atoms with Crippen LogP contribution in [0.4, 0.5) is 0 Å². The van der Waals surface area contributed by atoms with Crippen molar-refractivity contribution in [2.75, 3.05) is 14.2 Å². The first-order chi connectivity index (χ1) is 9.74. The molecule has 0 heterocycles. The zero-order valence-corrected chi connectivity index (χ0v) is 11.5. The van der Waals surface area contributed by atoms with Crippen molar-refractivity contribution >= 4 is 6.21 Å². The molecule has 20 heavy (non-hydrogen) atoms. The first-order valence-corrected chi connectivity index (χ1v) is 6.23. The van der Waals surface area contributed by atoms with Crippen molar-refractivity contribution in [3.8, 4) is 17.2 Å². The summed E-state index contributed by atoms with van der Waals surface area (Å²) in [5.41, 5.74) is 1.62. The molecule has 0 saturated heterocycles. The summed E-state index contributed by atoms with van der Waals surface area (Å²) in [7, 11) is 3.24. The third-order valence-electron chi connectivity index (χ3n) is 2.92. The third-order valence-corrected chi connectivity index (χ3v) is 2.92. The lowest BCUT2D eigenvalue weighted by molar-refractivity contribution is 0.399. The summed E-state index contributed by atoms with van der Waals surface area (Å²) in [6, 6.07) is 12.7. The molecule has 2 aromatic rings. The second kappa shape index (κ2) is 6.61. The Morgan fingerprint density at radius 2 is 1.90 bits per heavy atom. The van der Waals surface area contributed by atoms with E-state index in [-0.39, 0.29) is 5.75 Å². The Kier molecular flexibility index (Phi) is 4.60. The molecule has 0 bridgehead atoms. The van der Waals surface area contributed by atoms with Crippen molar-refractivity contribution < 1.29 is 14.6 Å². The van der Waals surface area contributed by atoms with Gasteiger partial charge in [-0.05, 0) is 30.3 Å². The van der Waals surface area contributed by atoms with E-state index in [9.17, 15) is 5.11 Å². The molecule has 104 valence electrons. The van der Waals surface area contributed by atoms with Crippen molar-refractivity contribution in [1.29, 1.82) is 0 Å². The molecule has 0 unspecified atom stereocenters. The van der Waals surface area contributed by atoms with Crippen LogP contribution in [0.2, 0.25) is 0 Å². The van der Waals surface area contributed by atoms with Gasteiger partial charge >= 0.3 is 0 Å². The zero-order chi connectivity index (χ0) is 14.4. The molecule has 4 heteroatoms. The maximum atomic E-state index is 9.65. The van der Waals surface area contributed by atoms with E-state index in [2.05, 4.69) is 4.99 Å². The van der Waals surface area contributed by atoms with Crippen LogP contribution < -0.4 is 9.47 Å². The van der Waals surface area contributed by atoms with Gasteiger partial charge in [-0.25, -0.2) is 0 Å². The van der Waals surface area contributed by atoms with Gasteiger partial charge in [0.05, 0.1) is 20.8 Å². The summed E-state index contributed by atoms with van der Waals surface area (Å²) in [5.74, 6) is 1.74. The van der Waals surface area contributed by atoms with E-state index in [0.717, 1.165) is 17.1 Å². The van der Waals surface area contributed by atoms with Gasteiger partial charge in [0, 0.05) is 17.3 Å². The minimum Gasteiger partial charge on any atom is -0.507 e. The van der Waals surface area contributed by atoms with Gasteiger partial charge in [0.25, 0.3) is 0 Å². The molecule has 0 radical (unpaired) electrons. The number of phenolic OH excluding ortho intramolecular Hbond substituents is 1. The summed E-state index contributed by atoms with van der Waals surface area (Å²) in [6.07, 6.45) is 1.65. The van der Waals surface area contributed by atoms with Crippen molar-refractivity contribution in [3.63, 3.8) is 0 Å². The van der Waals surface area contributed by atoms with Crippen LogP contribution in [0.25, 0.3) is 0 Å². The van der Waals surface area contributed by atoms with E-state index >= 15 is 0 Å². The average Bonchev–Trinajstić information content (AvgIpc) is 2.49. The number of aromatic hydroxyl groups is 1. The minimum absolute atomic E-state index is 0.217. The fraction of sp³-hybridized carbons (Fsp3) is 0.188. The van der Waals surface area contributed by atoms with Crippen molar-refractivity contribution in [1.82, 2.24) is 0 Å². The number of hydrogen-bond donors (Lipinski definition) is 1. The molecular formula is C16H17NO3. The molecule has 0 amide bonds. The highest BCUT2D eigenvalue weighted by molar-refractivity contribution is 5.83. The normalized spacial score (nSPS) is 10.7. The maximum Gasteiger partial charge on any atom is 0.124 e. The van der Waals surface area contributed by atoms with Crippen LogP contribution in [0.3, 0.4) is 0 Å². The Morgan fingerprint density at radius 3 is 2.60 bits per heavy atom. The summed E-state index contributed by atoms with van der Waals surface area (Å²) in [6.45, 7) is 0.453. The Hall–Kier alpha value is -2.49. The number of nitrogens with zero attached hydrogens (tertiary/aromatic N) is 1. The van der Waals surface area contributed by atoms with Gasteiger partial charge < -0.3 is 14.6 Å². The number of ether oxygens (including phenoxy) is 2. The minimum atomic E-state index is 0.217. The van der Waals surface area contributed by atoms with E-state index < -0.39 is 0 Å². The summed E-state index contributed by atoms with van der Waals surface area (Å²) < 4.78 is 10.5. The lowest BCUT2D eigenvalue weighted by atomic mass is 10.2. The predicted octanol–water partition coefficient (Wildman–Crippen LogP) is 3.03. The Morgan fingerprint density at radius 1 is 1.10 bits per heavy atom. The second-order valence-corrected chi connectivity index (χ2v) is 4.21. The molecule has 2 rings (SSSR count). The molecule has 0 aliphatic carbocycles. The lowest BCUT2D eigenvalue weighted by Crippen LogP contribution is -1.93. The van der Waals surface area contributed by atoms with Gasteiger partial charge in [-0.2, -0.15) is 0 Å². The fourth-order valence-electron chi connectivity index (χ4n) is 1.84. The van der Waals surface area contributed by atoms with Crippen LogP contribution in [0.5, 0.6) is 17.2 Å². The van der Waals surface area contributed by atoms with Crippen LogP contribution in [0.15, 0.2) is 47.5 Å². The molecule has 2 aromatic carbocycles. The van der Waals surface area contributed by atoms with Gasteiger partial charge in [-0.1, -0.05) is 12.1 Å². The Labute approximate surface area is 118 Å². The number of benzene rings is 2. The van der Waals surface area contributed by atoms with Crippen molar-refractivity contribution in [2.45, 2.75) is 6.54 Å². The van der Waals surface area contributed by atoms with Gasteiger partial charge in [0.2, 0.25) is 0 Å². The van der Waals surface area contributed by atoms with Crippen LogP contribution >= 0.6 is 0 Å². The number of hydrogen-bond acceptors (Lipinski definition) is 4. The predicted molar refractivity (Wildman–Crippen MR) is 79.0 cm³/mol. The smallest absolute Gasteiger partial charge is 0.124 e. The first kappa shape index (κ1) is 13.9. The Balaban J connectivity index is 2.16. The Bertz CT molecular complexity index is 608. The quantitative estimate of drug-likeness (QED) is 0.850. The highest BCUT2D eigenvalue weighted by Gasteiger charge is 2.04. The molecule has 0 aromatic heterocycles. The highest BCUT2D eigenvalue weighted by Crippen LogP contribution is 2.24. The number of phenols is 1. The van der Waals surface area contributed by atoms with Crippen LogP contribution in [-0.2, 0) is 6.54 Å². The molecule has 0 aliphatic heterocycles. The van der Waals surface area contributed by atoms with Gasteiger partial charge in [0.1, 0.15) is 17.2 Å². The van der Waals surface area contributed by atoms with Crippen LogP contribution in [-0.4, -0.2) is 25.5 Å². The van der Waals surface area contributed by atoms with Gasteiger partial charge in [-0.15, -0.1) is 0 Å². The molecule has 0 spiro atoms. The van der Waals surface area contributed by atoms with E-state index in [1.165, 1.54) is 0 Å². The zero-order valence-electron chi connectivity index (χ0n) is 11.5. The molecule has 4 nitrogen and oxygen atoms in total. The van der Waals surface area contributed by atoms with Crippen molar-refractivity contribution in [3.05, 3.63) is 53.6 Å². The largest absolute Gasteiger partial charge is 0.507 e. The summed E-state index contributed by atoms with van der Waals surface area (Å²) >= 11 is 0. The van der Waals surface area contributed by atoms with E-state index in [4.69, 9.17) is 9.47 Å². The number of aliphatic imine (C=N–C) groups is 1. The van der Waals surface area contributed by atoms with E-state index in [1.54, 1.807) is 32.6 Å². The third kappa shape index (κ3) is 3.29. The summed E-state index contributed by atoms with van der Waals surface area (Å²) in [5, 5.41) is 9.65. The second-order valence-electron chi connectivity index (χ2n) is 4.21. The fourth-order valence-corrected chi connectivity index (χ4v) is 1.84.